The van der Waals surface area contributed by atoms with E-state index in [-0.39, 0.29) is 6.61 Å². The highest BCUT2D eigenvalue weighted by Crippen LogP contribution is 2.38. The summed E-state index contributed by atoms with van der Waals surface area (Å²) in [5.41, 5.74) is 12.2. The second-order valence-electron chi connectivity index (χ2n) is 9.49. The first-order valence-electron chi connectivity index (χ1n) is 12.2. The number of rotatable bonds is 4. The van der Waals surface area contributed by atoms with Crippen molar-refractivity contribution < 1.29 is 5.11 Å². The molecule has 6 rings (SSSR count). The van der Waals surface area contributed by atoms with Crippen molar-refractivity contribution in [3.63, 3.8) is 0 Å². The number of pyridine rings is 1. The fraction of sp³-hybridized carbons (Fsp3) is 0.321. The number of nitrogen functional groups attached to an aromatic ring is 1. The van der Waals surface area contributed by atoms with Gasteiger partial charge in [-0.1, -0.05) is 36.4 Å². The molecule has 0 unspecified atom stereocenters. The van der Waals surface area contributed by atoms with E-state index in [9.17, 15) is 5.11 Å². The Hall–Kier alpha value is -3.51. The maximum absolute atomic E-state index is 9.54. The summed E-state index contributed by atoms with van der Waals surface area (Å²) in [4.78, 5) is 14.5. The summed E-state index contributed by atoms with van der Waals surface area (Å²) in [5, 5.41) is 10.6. The van der Waals surface area contributed by atoms with Crippen LogP contribution in [-0.4, -0.2) is 31.1 Å². The average Bonchev–Trinajstić information content (AvgIpc) is 3.30. The summed E-state index contributed by atoms with van der Waals surface area (Å²) in [6.07, 6.45) is 16.6. The van der Waals surface area contributed by atoms with Crippen molar-refractivity contribution in [3.8, 4) is 11.3 Å². The smallest absolute Gasteiger partial charge is 0.150 e. The summed E-state index contributed by atoms with van der Waals surface area (Å²) < 4.78 is 2.12. The standard InChI is InChI=1S/C28H29N5O/c29-27-26-25(32-28(33(26)15-14-30-27)21-8-6-18(17-34)7-9-21)22-11-10-20-12-13-23(31-24(20)16-22)19-4-2-1-3-5-19/h2,4-5,10-16,18,21,34H,1,3,6-9,17H2,(H2,29,30). The lowest BCUT2D eigenvalue weighted by atomic mass is 9.82. The third-order valence-electron chi connectivity index (χ3n) is 7.34. The fourth-order valence-corrected chi connectivity index (χ4v) is 5.41. The van der Waals surface area contributed by atoms with E-state index in [2.05, 4.69) is 57.9 Å². The second-order valence-corrected chi connectivity index (χ2v) is 9.49. The van der Waals surface area contributed by atoms with Gasteiger partial charge in [-0.05, 0) is 62.1 Å². The van der Waals surface area contributed by atoms with Gasteiger partial charge in [-0.3, -0.25) is 4.40 Å². The highest BCUT2D eigenvalue weighted by molar-refractivity contribution is 5.91. The molecule has 0 amide bonds. The molecular weight excluding hydrogens is 422 g/mol. The van der Waals surface area contributed by atoms with Crippen molar-refractivity contribution in [2.45, 2.75) is 44.4 Å². The Morgan fingerprint density at radius 2 is 1.88 bits per heavy atom. The number of nitrogens with two attached hydrogens (primary N) is 1. The zero-order valence-corrected chi connectivity index (χ0v) is 19.2. The van der Waals surface area contributed by atoms with Gasteiger partial charge in [0.15, 0.2) is 0 Å². The van der Waals surface area contributed by atoms with Gasteiger partial charge in [-0.25, -0.2) is 15.0 Å². The molecule has 34 heavy (non-hydrogen) atoms. The third kappa shape index (κ3) is 3.68. The monoisotopic (exact) mass is 451 g/mol. The number of hydrogen-bond acceptors (Lipinski definition) is 5. The van der Waals surface area contributed by atoms with E-state index in [0.717, 1.165) is 77.7 Å². The molecule has 6 heteroatoms. The summed E-state index contributed by atoms with van der Waals surface area (Å²) in [5.74, 6) is 2.28. The van der Waals surface area contributed by atoms with Gasteiger partial charge in [0.1, 0.15) is 22.9 Å². The number of aromatic nitrogens is 4. The minimum Gasteiger partial charge on any atom is -0.396 e. The van der Waals surface area contributed by atoms with Crippen LogP contribution in [0.25, 0.3) is 33.3 Å². The molecule has 2 aliphatic carbocycles. The van der Waals surface area contributed by atoms with Gasteiger partial charge in [0.05, 0.1) is 11.2 Å². The molecule has 1 aromatic carbocycles. The Kier molecular flexibility index (Phi) is 5.38. The fourth-order valence-electron chi connectivity index (χ4n) is 5.41. The topological polar surface area (TPSA) is 89.3 Å². The number of nitrogens with zero attached hydrogens (tertiary/aromatic N) is 4. The first-order chi connectivity index (χ1) is 16.7. The van der Waals surface area contributed by atoms with Gasteiger partial charge >= 0.3 is 0 Å². The Labute approximate surface area is 198 Å². The van der Waals surface area contributed by atoms with Gasteiger partial charge in [0.25, 0.3) is 0 Å². The molecule has 0 aliphatic heterocycles. The number of imidazole rings is 1. The quantitative estimate of drug-likeness (QED) is 0.426. The van der Waals surface area contributed by atoms with Crippen molar-refractivity contribution in [2.75, 3.05) is 12.3 Å². The molecule has 172 valence electrons. The molecule has 0 radical (unpaired) electrons. The van der Waals surface area contributed by atoms with Crippen LogP contribution in [0.1, 0.15) is 56.0 Å². The maximum atomic E-state index is 9.54. The SMILES string of the molecule is Nc1nccn2c(C3CCC(CO)CC3)nc(-c3ccc4ccc(C5=CCCC=C5)nc4c3)c12. The van der Waals surface area contributed by atoms with E-state index < -0.39 is 0 Å². The summed E-state index contributed by atoms with van der Waals surface area (Å²) in [6.45, 7) is 0.274. The molecule has 3 aromatic heterocycles. The van der Waals surface area contributed by atoms with E-state index in [0.29, 0.717) is 17.7 Å². The normalized spacial score (nSPS) is 20.7. The predicted octanol–water partition coefficient (Wildman–Crippen LogP) is 5.53. The summed E-state index contributed by atoms with van der Waals surface area (Å²) in [6, 6.07) is 10.6. The van der Waals surface area contributed by atoms with Crippen molar-refractivity contribution in [3.05, 3.63) is 72.5 Å². The number of benzene rings is 1. The molecule has 6 nitrogen and oxygen atoms in total. The van der Waals surface area contributed by atoms with Crippen LogP contribution < -0.4 is 5.73 Å². The Balaban J connectivity index is 1.45. The van der Waals surface area contributed by atoms with Crippen molar-refractivity contribution in [1.82, 2.24) is 19.4 Å². The number of hydrogen-bond donors (Lipinski definition) is 2. The minimum absolute atomic E-state index is 0.274. The van der Waals surface area contributed by atoms with Gasteiger partial charge in [0, 0.05) is 35.9 Å². The van der Waals surface area contributed by atoms with Crippen LogP contribution >= 0.6 is 0 Å². The number of aliphatic hydroxyl groups excluding tert-OH is 1. The van der Waals surface area contributed by atoms with Crippen LogP contribution in [0.3, 0.4) is 0 Å². The lowest BCUT2D eigenvalue weighted by Gasteiger charge is -2.26. The Morgan fingerprint density at radius 3 is 2.68 bits per heavy atom. The summed E-state index contributed by atoms with van der Waals surface area (Å²) in [7, 11) is 0. The molecule has 4 aromatic rings. The van der Waals surface area contributed by atoms with Crippen LogP contribution in [-0.2, 0) is 0 Å². The minimum atomic E-state index is 0.274. The van der Waals surface area contributed by atoms with Crippen LogP contribution in [0.5, 0.6) is 0 Å². The number of fused-ring (bicyclic) bond motifs is 2. The molecule has 0 saturated heterocycles. The van der Waals surface area contributed by atoms with Crippen molar-refractivity contribution >= 4 is 27.8 Å². The average molecular weight is 452 g/mol. The highest BCUT2D eigenvalue weighted by atomic mass is 16.3. The zero-order valence-electron chi connectivity index (χ0n) is 19.2. The molecule has 3 heterocycles. The van der Waals surface area contributed by atoms with Crippen molar-refractivity contribution in [1.29, 1.82) is 0 Å². The van der Waals surface area contributed by atoms with Gasteiger partial charge < -0.3 is 10.8 Å². The maximum Gasteiger partial charge on any atom is 0.150 e. The molecule has 0 spiro atoms. The Bertz CT molecular complexity index is 1430. The number of allylic oxidation sites excluding steroid dienone is 4. The molecule has 0 atom stereocenters. The van der Waals surface area contributed by atoms with Gasteiger partial charge in [-0.2, -0.15) is 0 Å². The summed E-state index contributed by atoms with van der Waals surface area (Å²) >= 11 is 0. The van der Waals surface area contributed by atoms with Crippen LogP contribution in [0, 0.1) is 5.92 Å². The number of aliphatic hydroxyl groups is 1. The molecule has 3 N–H and O–H groups in total. The molecule has 2 aliphatic rings. The van der Waals surface area contributed by atoms with E-state index in [1.807, 2.05) is 6.20 Å². The highest BCUT2D eigenvalue weighted by Gasteiger charge is 2.27. The van der Waals surface area contributed by atoms with Crippen LogP contribution in [0.2, 0.25) is 0 Å². The van der Waals surface area contributed by atoms with E-state index in [1.54, 1.807) is 6.20 Å². The van der Waals surface area contributed by atoms with E-state index in [1.165, 1.54) is 5.57 Å². The van der Waals surface area contributed by atoms with Crippen LogP contribution in [0.15, 0.2) is 61.0 Å². The third-order valence-corrected chi connectivity index (χ3v) is 7.34. The van der Waals surface area contributed by atoms with Gasteiger partial charge in [0.2, 0.25) is 0 Å². The Morgan fingerprint density at radius 1 is 1.03 bits per heavy atom. The largest absolute Gasteiger partial charge is 0.396 e. The van der Waals surface area contributed by atoms with E-state index in [4.69, 9.17) is 15.7 Å². The molecule has 1 saturated carbocycles. The van der Waals surface area contributed by atoms with Crippen LogP contribution in [0.4, 0.5) is 5.82 Å². The van der Waals surface area contributed by atoms with E-state index >= 15 is 0 Å². The van der Waals surface area contributed by atoms with Crippen molar-refractivity contribution in [2.24, 2.45) is 5.92 Å². The predicted molar refractivity (Wildman–Crippen MR) is 136 cm³/mol. The zero-order chi connectivity index (χ0) is 23.1. The molecule has 0 bridgehead atoms. The first-order valence-corrected chi connectivity index (χ1v) is 12.2. The number of anilines is 1. The second kappa shape index (κ2) is 8.69. The van der Waals surface area contributed by atoms with Gasteiger partial charge in [-0.15, -0.1) is 0 Å². The molecule has 1 fully saturated rings. The first kappa shape index (κ1) is 21.1. The lowest BCUT2D eigenvalue weighted by molar-refractivity contribution is 0.181. The molecular formula is C28H29N5O. The lowest BCUT2D eigenvalue weighted by Crippen LogP contribution is -2.17.